The number of benzene rings is 1. The summed E-state index contributed by atoms with van der Waals surface area (Å²) in [4.78, 5) is 17.5. The molecule has 0 atom stereocenters. The summed E-state index contributed by atoms with van der Waals surface area (Å²) in [6.07, 6.45) is 0. The summed E-state index contributed by atoms with van der Waals surface area (Å²) in [5.41, 5.74) is 1.25. The van der Waals surface area contributed by atoms with Gasteiger partial charge in [-0.3, -0.25) is 0 Å². The van der Waals surface area contributed by atoms with Gasteiger partial charge in [-0.1, -0.05) is 6.07 Å². The van der Waals surface area contributed by atoms with Crippen LogP contribution in [0.25, 0.3) is 0 Å². The number of hydrogen-bond acceptors (Lipinski definition) is 6. The molecule has 0 aliphatic rings. The van der Waals surface area contributed by atoms with E-state index in [0.717, 1.165) is 11.4 Å². The predicted octanol–water partition coefficient (Wildman–Crippen LogP) is 2.71. The van der Waals surface area contributed by atoms with Gasteiger partial charge in [0.25, 0.3) is 0 Å². The smallest absolute Gasteiger partial charge is 0.357 e. The van der Waals surface area contributed by atoms with E-state index in [2.05, 4.69) is 9.72 Å². The number of carbonyl (C=O) groups is 1. The van der Waals surface area contributed by atoms with Crippen molar-refractivity contribution in [3.63, 3.8) is 0 Å². The van der Waals surface area contributed by atoms with E-state index in [1.165, 1.54) is 18.4 Å². The van der Waals surface area contributed by atoms with E-state index in [-0.39, 0.29) is 0 Å². The molecule has 0 N–H and O–H groups in total. The molecule has 0 unspecified atom stereocenters. The molecule has 0 fully saturated rings. The van der Waals surface area contributed by atoms with E-state index in [1.807, 2.05) is 36.2 Å². The van der Waals surface area contributed by atoms with Crippen LogP contribution in [-0.4, -0.2) is 32.2 Å². The molecule has 2 aromatic rings. The SMILES string of the molecule is COC(=O)c1csc(N(C)c2cccc(OC)c2)n1. The molecule has 0 saturated heterocycles. The minimum atomic E-state index is -0.429. The van der Waals surface area contributed by atoms with Crippen LogP contribution in [0.1, 0.15) is 10.5 Å². The highest BCUT2D eigenvalue weighted by molar-refractivity contribution is 7.14. The summed E-state index contributed by atoms with van der Waals surface area (Å²) >= 11 is 1.38. The number of esters is 1. The molecular formula is C13H14N2O3S. The fourth-order valence-corrected chi connectivity index (χ4v) is 2.33. The van der Waals surface area contributed by atoms with Crippen LogP contribution < -0.4 is 9.64 Å². The van der Waals surface area contributed by atoms with Gasteiger partial charge in [0.2, 0.25) is 0 Å². The number of aromatic nitrogens is 1. The Kier molecular flexibility index (Phi) is 4.01. The van der Waals surface area contributed by atoms with E-state index < -0.39 is 5.97 Å². The molecule has 19 heavy (non-hydrogen) atoms. The Morgan fingerprint density at radius 3 is 2.84 bits per heavy atom. The topological polar surface area (TPSA) is 51.7 Å². The van der Waals surface area contributed by atoms with Crippen LogP contribution in [0.5, 0.6) is 5.75 Å². The number of carbonyl (C=O) groups excluding carboxylic acids is 1. The molecular weight excluding hydrogens is 264 g/mol. The lowest BCUT2D eigenvalue weighted by Gasteiger charge is -2.16. The molecule has 1 heterocycles. The van der Waals surface area contributed by atoms with Gasteiger partial charge in [-0.2, -0.15) is 0 Å². The van der Waals surface area contributed by atoms with Crippen LogP contribution in [0.4, 0.5) is 10.8 Å². The van der Waals surface area contributed by atoms with Crippen molar-refractivity contribution in [2.75, 3.05) is 26.2 Å². The average Bonchev–Trinajstić information content (AvgIpc) is 2.95. The van der Waals surface area contributed by atoms with Crippen molar-refractivity contribution in [3.8, 4) is 5.75 Å². The van der Waals surface area contributed by atoms with Gasteiger partial charge >= 0.3 is 5.97 Å². The zero-order chi connectivity index (χ0) is 13.8. The number of hydrogen-bond donors (Lipinski definition) is 0. The Morgan fingerprint density at radius 1 is 1.37 bits per heavy atom. The Hall–Kier alpha value is -2.08. The fourth-order valence-electron chi connectivity index (χ4n) is 1.55. The highest BCUT2D eigenvalue weighted by Crippen LogP contribution is 2.29. The van der Waals surface area contributed by atoms with Gasteiger partial charge in [-0.25, -0.2) is 9.78 Å². The summed E-state index contributed by atoms with van der Waals surface area (Å²) < 4.78 is 9.82. The zero-order valence-electron chi connectivity index (χ0n) is 10.9. The molecule has 0 saturated carbocycles. The molecule has 0 radical (unpaired) electrons. The first-order valence-corrected chi connectivity index (χ1v) is 6.45. The third-order valence-corrected chi connectivity index (χ3v) is 3.53. The van der Waals surface area contributed by atoms with Crippen molar-refractivity contribution in [1.82, 2.24) is 4.98 Å². The Bertz CT molecular complexity index is 583. The molecule has 0 bridgehead atoms. The molecule has 100 valence electrons. The van der Waals surface area contributed by atoms with Gasteiger partial charge < -0.3 is 14.4 Å². The second kappa shape index (κ2) is 5.71. The highest BCUT2D eigenvalue weighted by Gasteiger charge is 2.14. The third kappa shape index (κ3) is 2.85. The number of methoxy groups -OCH3 is 2. The van der Waals surface area contributed by atoms with E-state index >= 15 is 0 Å². The average molecular weight is 278 g/mol. The molecule has 6 heteroatoms. The summed E-state index contributed by atoms with van der Waals surface area (Å²) in [5.74, 6) is 0.343. The first-order chi connectivity index (χ1) is 9.15. The molecule has 0 spiro atoms. The molecule has 0 amide bonds. The second-order valence-corrected chi connectivity index (χ2v) is 4.60. The van der Waals surface area contributed by atoms with Crippen LogP contribution in [-0.2, 0) is 4.74 Å². The van der Waals surface area contributed by atoms with Gasteiger partial charge in [0.1, 0.15) is 5.75 Å². The number of thiazole rings is 1. The molecule has 1 aromatic carbocycles. The Balaban J connectivity index is 2.25. The van der Waals surface area contributed by atoms with E-state index in [0.29, 0.717) is 10.8 Å². The van der Waals surface area contributed by atoms with Crippen molar-refractivity contribution >= 4 is 28.1 Å². The minimum absolute atomic E-state index is 0.317. The first kappa shape index (κ1) is 13.4. The maximum Gasteiger partial charge on any atom is 0.357 e. The molecule has 0 aliphatic heterocycles. The Labute approximate surface area is 115 Å². The maximum atomic E-state index is 11.4. The van der Waals surface area contributed by atoms with Gasteiger partial charge in [0, 0.05) is 24.2 Å². The maximum absolute atomic E-state index is 11.4. The third-order valence-electron chi connectivity index (χ3n) is 2.61. The van der Waals surface area contributed by atoms with Crippen LogP contribution >= 0.6 is 11.3 Å². The fraction of sp³-hybridized carbons (Fsp3) is 0.231. The lowest BCUT2D eigenvalue weighted by molar-refractivity contribution is 0.0595. The minimum Gasteiger partial charge on any atom is -0.497 e. The molecule has 0 aliphatic carbocycles. The standard InChI is InChI=1S/C13H14N2O3S/c1-15(9-5-4-6-10(7-9)17-2)13-14-11(8-19-13)12(16)18-3/h4-8H,1-3H3. The molecule has 1 aromatic heterocycles. The van der Waals surface area contributed by atoms with E-state index in [9.17, 15) is 4.79 Å². The van der Waals surface area contributed by atoms with Crippen LogP contribution in [0, 0.1) is 0 Å². The summed E-state index contributed by atoms with van der Waals surface area (Å²) in [6, 6.07) is 7.62. The van der Waals surface area contributed by atoms with Crippen molar-refractivity contribution in [2.24, 2.45) is 0 Å². The summed E-state index contributed by atoms with van der Waals surface area (Å²) in [7, 11) is 4.85. The number of ether oxygens (including phenoxy) is 2. The van der Waals surface area contributed by atoms with E-state index in [4.69, 9.17) is 4.74 Å². The number of rotatable bonds is 4. The van der Waals surface area contributed by atoms with Crippen molar-refractivity contribution in [1.29, 1.82) is 0 Å². The van der Waals surface area contributed by atoms with Gasteiger partial charge in [-0.05, 0) is 12.1 Å². The Morgan fingerprint density at radius 2 is 2.16 bits per heavy atom. The van der Waals surface area contributed by atoms with Crippen molar-refractivity contribution in [3.05, 3.63) is 35.3 Å². The largest absolute Gasteiger partial charge is 0.497 e. The number of anilines is 2. The van der Waals surface area contributed by atoms with E-state index in [1.54, 1.807) is 12.5 Å². The zero-order valence-corrected chi connectivity index (χ0v) is 11.7. The highest BCUT2D eigenvalue weighted by atomic mass is 32.1. The second-order valence-electron chi connectivity index (χ2n) is 3.77. The van der Waals surface area contributed by atoms with Crippen molar-refractivity contribution < 1.29 is 14.3 Å². The lowest BCUT2D eigenvalue weighted by atomic mass is 10.3. The predicted molar refractivity (Wildman–Crippen MR) is 74.5 cm³/mol. The quantitative estimate of drug-likeness (QED) is 0.805. The normalized spacial score (nSPS) is 10.1. The van der Waals surface area contributed by atoms with Crippen LogP contribution in [0.2, 0.25) is 0 Å². The van der Waals surface area contributed by atoms with Gasteiger partial charge in [-0.15, -0.1) is 11.3 Å². The van der Waals surface area contributed by atoms with Crippen LogP contribution in [0.15, 0.2) is 29.6 Å². The summed E-state index contributed by atoms with van der Waals surface area (Å²) in [5, 5.41) is 2.39. The first-order valence-electron chi connectivity index (χ1n) is 5.57. The number of nitrogens with zero attached hydrogens (tertiary/aromatic N) is 2. The lowest BCUT2D eigenvalue weighted by Crippen LogP contribution is -2.10. The van der Waals surface area contributed by atoms with Gasteiger partial charge in [0.15, 0.2) is 10.8 Å². The van der Waals surface area contributed by atoms with Crippen LogP contribution in [0.3, 0.4) is 0 Å². The monoisotopic (exact) mass is 278 g/mol. The molecule has 5 nitrogen and oxygen atoms in total. The molecule has 2 rings (SSSR count). The summed E-state index contributed by atoms with van der Waals surface area (Å²) in [6.45, 7) is 0. The van der Waals surface area contributed by atoms with Gasteiger partial charge in [0.05, 0.1) is 14.2 Å². The van der Waals surface area contributed by atoms with Crippen molar-refractivity contribution in [2.45, 2.75) is 0 Å².